The van der Waals surface area contributed by atoms with Gasteiger partial charge in [-0.3, -0.25) is 0 Å². The summed E-state index contributed by atoms with van der Waals surface area (Å²) < 4.78 is 0. The molecule has 0 saturated carbocycles. The van der Waals surface area contributed by atoms with Crippen molar-refractivity contribution in [3.05, 3.63) is 0 Å². The number of hydrogen-bond acceptors (Lipinski definition) is 4. The topological polar surface area (TPSA) is 52.6 Å². The van der Waals surface area contributed by atoms with Gasteiger partial charge < -0.3 is 0 Å². The third kappa shape index (κ3) is 8.94. The van der Waals surface area contributed by atoms with Crippen LogP contribution in [-0.4, -0.2) is 11.9 Å². The van der Waals surface area contributed by atoms with E-state index in [-0.39, 0.29) is 23.7 Å². The van der Waals surface area contributed by atoms with E-state index in [1.165, 1.54) is 0 Å². The third-order valence-corrected chi connectivity index (χ3v) is 3.33. The van der Waals surface area contributed by atoms with Crippen LogP contribution in [0, 0.1) is 10.8 Å². The maximum absolute atomic E-state index is 11.6. The Morgan fingerprint density at radius 1 is 0.750 bits per heavy atom. The first-order valence-corrected chi connectivity index (χ1v) is 7.52. The summed E-state index contributed by atoms with van der Waals surface area (Å²) in [7, 11) is 0. The van der Waals surface area contributed by atoms with Gasteiger partial charge in [-0.25, -0.2) is 19.4 Å². The first-order valence-electron chi connectivity index (χ1n) is 7.52. The molecule has 0 aliphatic carbocycles. The molecular weight excluding hydrogens is 256 g/mol. The highest BCUT2D eigenvalue weighted by Gasteiger charge is 2.26. The van der Waals surface area contributed by atoms with Crippen molar-refractivity contribution in [1.82, 2.24) is 0 Å². The summed E-state index contributed by atoms with van der Waals surface area (Å²) in [6.45, 7) is 12.2. The smallest absolute Gasteiger partial charge is 0.247 e. The van der Waals surface area contributed by atoms with E-state index in [9.17, 15) is 9.59 Å². The van der Waals surface area contributed by atoms with Gasteiger partial charge in [0, 0.05) is 0 Å². The van der Waals surface area contributed by atoms with E-state index in [1.807, 2.05) is 27.7 Å². The lowest BCUT2D eigenvalue weighted by molar-refractivity contribution is -0.261. The van der Waals surface area contributed by atoms with E-state index >= 15 is 0 Å². The molecule has 0 aromatic rings. The molecule has 0 rings (SSSR count). The molecular formula is C16H30O4. The van der Waals surface area contributed by atoms with Crippen LogP contribution in [-0.2, 0) is 19.4 Å². The first-order chi connectivity index (χ1) is 9.12. The van der Waals surface area contributed by atoms with E-state index < -0.39 is 11.9 Å². The molecule has 0 amide bonds. The SMILES string of the molecule is CCCC(C)(C)CC(=O)OOC(=O)CC(C)(C)CCC. The largest absolute Gasteiger partial charge is 0.356 e. The van der Waals surface area contributed by atoms with E-state index in [2.05, 4.69) is 23.6 Å². The molecule has 0 atom stereocenters. The molecule has 20 heavy (non-hydrogen) atoms. The van der Waals surface area contributed by atoms with Gasteiger partial charge in [-0.2, -0.15) is 0 Å². The van der Waals surface area contributed by atoms with Gasteiger partial charge >= 0.3 is 11.9 Å². The van der Waals surface area contributed by atoms with Crippen molar-refractivity contribution >= 4 is 11.9 Å². The van der Waals surface area contributed by atoms with Gasteiger partial charge in [-0.15, -0.1) is 0 Å². The van der Waals surface area contributed by atoms with Gasteiger partial charge in [0.2, 0.25) is 0 Å². The molecule has 0 aliphatic heterocycles. The Morgan fingerprint density at radius 2 is 1.05 bits per heavy atom. The van der Waals surface area contributed by atoms with Crippen LogP contribution in [0.5, 0.6) is 0 Å². The Hall–Kier alpha value is -1.06. The summed E-state index contributed by atoms with van der Waals surface area (Å²) in [5.41, 5.74) is -0.251. The molecule has 0 aromatic heterocycles. The molecule has 0 saturated heterocycles. The Labute approximate surface area is 123 Å². The average molecular weight is 286 g/mol. The standard InChI is InChI=1S/C16H30O4/c1-7-9-15(3,4)11-13(17)19-20-14(18)12-16(5,6)10-8-2/h7-12H2,1-6H3. The zero-order valence-corrected chi connectivity index (χ0v) is 13.9. The predicted molar refractivity (Wildman–Crippen MR) is 78.8 cm³/mol. The van der Waals surface area contributed by atoms with Crippen molar-refractivity contribution in [2.45, 2.75) is 80.1 Å². The minimum atomic E-state index is -0.481. The van der Waals surface area contributed by atoms with Crippen LogP contribution in [0.4, 0.5) is 0 Å². The van der Waals surface area contributed by atoms with E-state index in [0.29, 0.717) is 0 Å². The van der Waals surface area contributed by atoms with Crippen LogP contribution >= 0.6 is 0 Å². The Kier molecular flexibility index (Phi) is 7.84. The second-order valence-corrected chi connectivity index (χ2v) is 7.09. The number of carbonyl (C=O) groups is 2. The van der Waals surface area contributed by atoms with Crippen LogP contribution < -0.4 is 0 Å². The molecule has 0 unspecified atom stereocenters. The molecule has 0 heterocycles. The van der Waals surface area contributed by atoms with Gasteiger partial charge in [0.15, 0.2) is 0 Å². The number of hydrogen-bond donors (Lipinski definition) is 0. The van der Waals surface area contributed by atoms with Crippen molar-refractivity contribution in [2.24, 2.45) is 10.8 Å². The lowest BCUT2D eigenvalue weighted by Gasteiger charge is -2.23. The molecule has 0 spiro atoms. The van der Waals surface area contributed by atoms with Crippen LogP contribution in [0.2, 0.25) is 0 Å². The Balaban J connectivity index is 4.10. The molecule has 0 N–H and O–H groups in total. The third-order valence-electron chi connectivity index (χ3n) is 3.33. The zero-order chi connectivity index (χ0) is 15.8. The van der Waals surface area contributed by atoms with Crippen LogP contribution in [0.3, 0.4) is 0 Å². The number of carbonyl (C=O) groups excluding carboxylic acids is 2. The maximum Gasteiger partial charge on any atom is 0.356 e. The van der Waals surface area contributed by atoms with Crippen LogP contribution in [0.25, 0.3) is 0 Å². The van der Waals surface area contributed by atoms with Crippen molar-refractivity contribution in [2.75, 3.05) is 0 Å². The van der Waals surface area contributed by atoms with Crippen LogP contribution in [0.1, 0.15) is 80.1 Å². The highest BCUT2D eigenvalue weighted by molar-refractivity contribution is 5.73. The molecule has 118 valence electrons. The highest BCUT2D eigenvalue weighted by Crippen LogP contribution is 2.28. The summed E-state index contributed by atoms with van der Waals surface area (Å²) in [6.07, 6.45) is 4.38. The second kappa shape index (κ2) is 8.28. The molecule has 0 fully saturated rings. The summed E-state index contributed by atoms with van der Waals surface area (Å²) >= 11 is 0. The quantitative estimate of drug-likeness (QED) is 0.489. The van der Waals surface area contributed by atoms with E-state index in [4.69, 9.17) is 0 Å². The van der Waals surface area contributed by atoms with Crippen molar-refractivity contribution < 1.29 is 19.4 Å². The minimum absolute atomic E-state index is 0.125. The van der Waals surface area contributed by atoms with Gasteiger partial charge in [-0.05, 0) is 23.7 Å². The van der Waals surface area contributed by atoms with Gasteiger partial charge in [0.1, 0.15) is 0 Å². The zero-order valence-electron chi connectivity index (χ0n) is 13.9. The van der Waals surface area contributed by atoms with Gasteiger partial charge in [-0.1, -0.05) is 54.4 Å². The normalized spacial score (nSPS) is 12.1. The monoisotopic (exact) mass is 286 g/mol. The molecule has 0 radical (unpaired) electrons. The fourth-order valence-corrected chi connectivity index (χ4v) is 2.46. The Morgan fingerprint density at radius 3 is 1.30 bits per heavy atom. The molecule has 4 nitrogen and oxygen atoms in total. The van der Waals surface area contributed by atoms with Gasteiger partial charge in [0.25, 0.3) is 0 Å². The van der Waals surface area contributed by atoms with Crippen molar-refractivity contribution in [3.8, 4) is 0 Å². The molecule has 0 bridgehead atoms. The fraction of sp³-hybridized carbons (Fsp3) is 0.875. The number of rotatable bonds is 8. The van der Waals surface area contributed by atoms with Crippen molar-refractivity contribution in [3.63, 3.8) is 0 Å². The summed E-state index contributed by atoms with van der Waals surface area (Å²) in [5, 5.41) is 0. The fourth-order valence-electron chi connectivity index (χ4n) is 2.46. The van der Waals surface area contributed by atoms with E-state index in [1.54, 1.807) is 0 Å². The molecule has 4 heteroatoms. The van der Waals surface area contributed by atoms with Crippen molar-refractivity contribution in [1.29, 1.82) is 0 Å². The van der Waals surface area contributed by atoms with E-state index in [0.717, 1.165) is 25.7 Å². The Bertz CT molecular complexity index is 286. The summed E-state index contributed by atoms with van der Waals surface area (Å²) in [6, 6.07) is 0. The summed E-state index contributed by atoms with van der Waals surface area (Å²) in [5.74, 6) is -0.963. The second-order valence-electron chi connectivity index (χ2n) is 7.09. The first kappa shape index (κ1) is 18.9. The summed E-state index contributed by atoms with van der Waals surface area (Å²) in [4.78, 5) is 32.5. The molecule has 0 aromatic carbocycles. The maximum atomic E-state index is 11.6. The lowest BCUT2D eigenvalue weighted by Crippen LogP contribution is -2.23. The van der Waals surface area contributed by atoms with Crippen LogP contribution in [0.15, 0.2) is 0 Å². The molecule has 0 aliphatic rings. The predicted octanol–water partition coefficient (Wildman–Crippen LogP) is 4.42. The lowest BCUT2D eigenvalue weighted by atomic mass is 9.85. The average Bonchev–Trinajstić information content (AvgIpc) is 2.24. The van der Waals surface area contributed by atoms with Gasteiger partial charge in [0.05, 0.1) is 12.8 Å². The highest BCUT2D eigenvalue weighted by atomic mass is 17.2. The minimum Gasteiger partial charge on any atom is -0.247 e.